The van der Waals surface area contributed by atoms with E-state index in [0.717, 1.165) is 10.6 Å². The molecule has 2 aromatic carbocycles. The molecule has 2 amide bonds. The van der Waals surface area contributed by atoms with Gasteiger partial charge in [0, 0.05) is 11.3 Å². The second kappa shape index (κ2) is 8.15. The van der Waals surface area contributed by atoms with E-state index in [4.69, 9.17) is 12.2 Å². The number of fused-ring (bicyclic) bond motifs is 1. The number of anilines is 2. The number of hydrazine groups is 1. The molecule has 2 aromatic rings. The third-order valence-electron chi connectivity index (χ3n) is 3.51. The minimum Gasteiger partial charge on any atom is -0.329 e. The number of nitrogens with one attached hydrogen (secondary N) is 4. The summed E-state index contributed by atoms with van der Waals surface area (Å²) in [6.07, 6.45) is -0.0276. The molecular formula is C17H15FN4O2S2. The predicted octanol–water partition coefficient (Wildman–Crippen LogP) is 2.65. The Labute approximate surface area is 158 Å². The van der Waals surface area contributed by atoms with E-state index >= 15 is 0 Å². The van der Waals surface area contributed by atoms with Crippen LogP contribution in [0.5, 0.6) is 0 Å². The molecule has 0 aromatic heterocycles. The number of rotatable bonds is 3. The maximum atomic E-state index is 13.5. The van der Waals surface area contributed by atoms with E-state index in [1.54, 1.807) is 12.1 Å². The van der Waals surface area contributed by atoms with Crippen LogP contribution in [0.1, 0.15) is 6.42 Å². The SMILES string of the molecule is O=C(C[C@H]1Sc2ccccc2NC1=O)NNC(=S)Nc1ccccc1F. The summed E-state index contributed by atoms with van der Waals surface area (Å²) >= 11 is 6.34. The van der Waals surface area contributed by atoms with Gasteiger partial charge in [0.1, 0.15) is 5.82 Å². The molecule has 0 saturated carbocycles. The van der Waals surface area contributed by atoms with Gasteiger partial charge in [0.15, 0.2) is 5.11 Å². The number of hydrogen-bond acceptors (Lipinski definition) is 4. The van der Waals surface area contributed by atoms with E-state index in [1.807, 2.05) is 24.3 Å². The fraction of sp³-hybridized carbons (Fsp3) is 0.118. The lowest BCUT2D eigenvalue weighted by molar-refractivity contribution is -0.124. The topological polar surface area (TPSA) is 82.3 Å². The minimum atomic E-state index is -0.542. The lowest BCUT2D eigenvalue weighted by atomic mass is 10.2. The van der Waals surface area contributed by atoms with Crippen molar-refractivity contribution in [2.45, 2.75) is 16.6 Å². The largest absolute Gasteiger partial charge is 0.329 e. The van der Waals surface area contributed by atoms with Crippen molar-refractivity contribution >= 4 is 52.3 Å². The van der Waals surface area contributed by atoms with Crippen LogP contribution in [0.3, 0.4) is 0 Å². The number of thioether (sulfide) groups is 1. The normalized spacial score (nSPS) is 15.4. The van der Waals surface area contributed by atoms with Crippen LogP contribution >= 0.6 is 24.0 Å². The number of carbonyl (C=O) groups excluding carboxylic acids is 2. The molecule has 0 aliphatic carbocycles. The highest BCUT2D eigenvalue weighted by Gasteiger charge is 2.28. The summed E-state index contributed by atoms with van der Waals surface area (Å²) < 4.78 is 13.5. The first kappa shape index (κ1) is 18.2. The zero-order valence-electron chi connectivity index (χ0n) is 13.4. The summed E-state index contributed by atoms with van der Waals surface area (Å²) in [5.74, 6) is -1.09. The minimum absolute atomic E-state index is 0.0276. The highest BCUT2D eigenvalue weighted by Crippen LogP contribution is 2.36. The summed E-state index contributed by atoms with van der Waals surface area (Å²) in [5, 5.41) is 4.91. The van der Waals surface area contributed by atoms with Crippen molar-refractivity contribution in [3.05, 3.63) is 54.3 Å². The first-order valence-corrected chi connectivity index (χ1v) is 8.98. The van der Waals surface area contributed by atoms with Crippen molar-refractivity contribution in [2.75, 3.05) is 10.6 Å². The first-order chi connectivity index (χ1) is 12.5. The van der Waals surface area contributed by atoms with Crippen LogP contribution in [0.25, 0.3) is 0 Å². The third kappa shape index (κ3) is 4.50. The molecule has 0 bridgehead atoms. The number of halogens is 1. The average Bonchev–Trinajstić information content (AvgIpc) is 2.62. The van der Waals surface area contributed by atoms with Crippen LogP contribution in [0.2, 0.25) is 0 Å². The van der Waals surface area contributed by atoms with Gasteiger partial charge in [0.05, 0.1) is 16.6 Å². The molecule has 0 saturated heterocycles. The Balaban J connectivity index is 1.49. The fourth-order valence-corrected chi connectivity index (χ4v) is 3.56. The summed E-state index contributed by atoms with van der Waals surface area (Å²) in [5.41, 5.74) is 5.84. The van der Waals surface area contributed by atoms with Gasteiger partial charge in [-0.2, -0.15) is 0 Å². The lowest BCUT2D eigenvalue weighted by Gasteiger charge is -2.23. The van der Waals surface area contributed by atoms with Gasteiger partial charge < -0.3 is 10.6 Å². The van der Waals surface area contributed by atoms with E-state index in [0.29, 0.717) is 0 Å². The zero-order chi connectivity index (χ0) is 18.5. The van der Waals surface area contributed by atoms with Gasteiger partial charge in [-0.15, -0.1) is 11.8 Å². The first-order valence-electron chi connectivity index (χ1n) is 7.70. The predicted molar refractivity (Wildman–Crippen MR) is 103 cm³/mol. The van der Waals surface area contributed by atoms with Gasteiger partial charge in [0.25, 0.3) is 0 Å². The van der Waals surface area contributed by atoms with Gasteiger partial charge in [-0.3, -0.25) is 20.4 Å². The van der Waals surface area contributed by atoms with E-state index in [2.05, 4.69) is 21.5 Å². The van der Waals surface area contributed by atoms with E-state index in [9.17, 15) is 14.0 Å². The molecule has 0 unspecified atom stereocenters. The molecule has 26 heavy (non-hydrogen) atoms. The van der Waals surface area contributed by atoms with Gasteiger partial charge in [-0.1, -0.05) is 24.3 Å². The molecular weight excluding hydrogens is 375 g/mol. The van der Waals surface area contributed by atoms with Gasteiger partial charge in [-0.25, -0.2) is 4.39 Å². The van der Waals surface area contributed by atoms with Gasteiger partial charge in [0.2, 0.25) is 11.8 Å². The Morgan fingerprint density at radius 3 is 2.69 bits per heavy atom. The Morgan fingerprint density at radius 1 is 1.15 bits per heavy atom. The number of para-hydroxylation sites is 2. The summed E-state index contributed by atoms with van der Waals surface area (Å²) in [4.78, 5) is 25.1. The van der Waals surface area contributed by atoms with Crippen molar-refractivity contribution in [3.63, 3.8) is 0 Å². The van der Waals surface area contributed by atoms with E-state index < -0.39 is 17.0 Å². The highest BCUT2D eigenvalue weighted by atomic mass is 32.2. The second-order valence-electron chi connectivity index (χ2n) is 5.40. The molecule has 134 valence electrons. The van der Waals surface area contributed by atoms with Gasteiger partial charge >= 0.3 is 0 Å². The van der Waals surface area contributed by atoms with Crippen LogP contribution in [-0.2, 0) is 9.59 Å². The molecule has 0 radical (unpaired) electrons. The summed E-state index contributed by atoms with van der Waals surface area (Å²) in [6.45, 7) is 0. The Bertz CT molecular complexity index is 862. The van der Waals surface area contributed by atoms with E-state index in [1.165, 1.54) is 23.9 Å². The van der Waals surface area contributed by atoms with Gasteiger partial charge in [-0.05, 0) is 36.5 Å². The third-order valence-corrected chi connectivity index (χ3v) is 4.99. The van der Waals surface area contributed by atoms with Crippen molar-refractivity contribution in [1.29, 1.82) is 0 Å². The quantitative estimate of drug-likeness (QED) is 0.477. The van der Waals surface area contributed by atoms with Crippen molar-refractivity contribution < 1.29 is 14.0 Å². The number of amides is 2. The van der Waals surface area contributed by atoms with E-state index in [-0.39, 0.29) is 23.1 Å². The maximum absolute atomic E-state index is 13.5. The van der Waals surface area contributed by atoms with Crippen molar-refractivity contribution in [3.8, 4) is 0 Å². The average molecular weight is 390 g/mol. The van der Waals surface area contributed by atoms with Crippen LogP contribution < -0.4 is 21.5 Å². The smallest absolute Gasteiger partial charge is 0.240 e. The van der Waals surface area contributed by atoms with Crippen LogP contribution in [0.15, 0.2) is 53.4 Å². The highest BCUT2D eigenvalue weighted by molar-refractivity contribution is 8.01. The van der Waals surface area contributed by atoms with Crippen LogP contribution in [0.4, 0.5) is 15.8 Å². The molecule has 3 rings (SSSR count). The molecule has 4 N–H and O–H groups in total. The number of benzene rings is 2. The summed E-state index contributed by atoms with van der Waals surface area (Å²) in [7, 11) is 0. The Kier molecular flexibility index (Phi) is 5.69. The summed E-state index contributed by atoms with van der Waals surface area (Å²) in [6, 6.07) is 13.4. The van der Waals surface area contributed by atoms with Crippen molar-refractivity contribution in [2.24, 2.45) is 0 Å². The van der Waals surface area contributed by atoms with Crippen LogP contribution in [0, 0.1) is 5.82 Å². The number of carbonyl (C=O) groups is 2. The van der Waals surface area contributed by atoms with Crippen LogP contribution in [-0.4, -0.2) is 22.2 Å². The second-order valence-corrected chi connectivity index (χ2v) is 7.06. The fourth-order valence-electron chi connectivity index (χ4n) is 2.29. The molecule has 1 aliphatic heterocycles. The Morgan fingerprint density at radius 2 is 1.88 bits per heavy atom. The lowest BCUT2D eigenvalue weighted by Crippen LogP contribution is -2.45. The number of thiocarbonyl (C=S) groups is 1. The molecule has 1 heterocycles. The molecule has 6 nitrogen and oxygen atoms in total. The zero-order valence-corrected chi connectivity index (χ0v) is 15.0. The standard InChI is InChI=1S/C17H15FN4O2S2/c18-10-5-1-2-6-11(10)20-17(25)22-21-15(23)9-14-16(24)19-12-7-3-4-8-13(12)26-14/h1-8,14H,9H2,(H,19,24)(H,21,23)(H2,20,22,25)/t14-/m1/s1. The monoisotopic (exact) mass is 390 g/mol. The maximum Gasteiger partial charge on any atom is 0.240 e. The molecule has 1 atom stereocenters. The Hall–Kier alpha value is -2.65. The van der Waals surface area contributed by atoms with Crippen molar-refractivity contribution in [1.82, 2.24) is 10.9 Å². The molecule has 1 aliphatic rings. The molecule has 9 heteroatoms. The molecule has 0 spiro atoms. The molecule has 0 fully saturated rings. The number of hydrogen-bond donors (Lipinski definition) is 4.